The van der Waals surface area contributed by atoms with Crippen molar-refractivity contribution in [2.45, 2.75) is 26.2 Å². The molecule has 0 bridgehead atoms. The number of carbonyl (C=O) groups is 1. The number of nitrogens with one attached hydrogen (secondary N) is 1. The van der Waals surface area contributed by atoms with Gasteiger partial charge in [-0.25, -0.2) is 4.52 Å². The van der Waals surface area contributed by atoms with E-state index in [0.717, 1.165) is 23.4 Å². The first kappa shape index (κ1) is 13.5. The quantitative estimate of drug-likeness (QED) is 0.790. The van der Waals surface area contributed by atoms with Crippen LogP contribution < -0.4 is 5.32 Å². The molecule has 0 aromatic carbocycles. The van der Waals surface area contributed by atoms with Crippen LogP contribution in [-0.4, -0.2) is 20.5 Å². The molecule has 3 heterocycles. The average Bonchev–Trinajstić information content (AvgIpc) is 3.09. The van der Waals surface area contributed by atoms with Gasteiger partial charge < -0.3 is 0 Å². The van der Waals surface area contributed by atoms with E-state index >= 15 is 0 Å². The average molecular weight is 312 g/mol. The summed E-state index contributed by atoms with van der Waals surface area (Å²) in [5, 5.41) is 7.05. The van der Waals surface area contributed by atoms with E-state index in [9.17, 15) is 4.79 Å². The molecule has 22 heavy (non-hydrogen) atoms. The van der Waals surface area contributed by atoms with Crippen LogP contribution in [0, 0.1) is 5.92 Å². The van der Waals surface area contributed by atoms with Crippen molar-refractivity contribution < 1.29 is 4.79 Å². The molecule has 112 valence electrons. The monoisotopic (exact) mass is 312 g/mol. The number of anilines is 1. The van der Waals surface area contributed by atoms with Crippen LogP contribution >= 0.6 is 11.3 Å². The molecule has 4 rings (SSSR count). The van der Waals surface area contributed by atoms with E-state index in [1.165, 1.54) is 16.9 Å². The van der Waals surface area contributed by atoms with Crippen LogP contribution in [0.2, 0.25) is 0 Å². The third-order valence-electron chi connectivity index (χ3n) is 4.02. The Balaban J connectivity index is 1.57. The maximum Gasteiger partial charge on any atom is 0.268 e. The molecule has 1 amide bonds. The first-order chi connectivity index (χ1) is 10.7. The van der Waals surface area contributed by atoms with Crippen LogP contribution in [0.15, 0.2) is 30.5 Å². The number of aromatic nitrogens is 3. The predicted octanol–water partition coefficient (Wildman–Crippen LogP) is 3.17. The molecule has 0 saturated carbocycles. The molecule has 0 saturated heterocycles. The molecule has 0 radical (unpaired) electrons. The van der Waals surface area contributed by atoms with E-state index < -0.39 is 0 Å². The van der Waals surface area contributed by atoms with Gasteiger partial charge in [-0.3, -0.25) is 10.1 Å². The number of thiophene rings is 1. The molecular formula is C16H16N4OS. The minimum atomic E-state index is -0.122. The Hall–Kier alpha value is -2.21. The number of carbonyl (C=O) groups excluding carboxylic acids is 1. The Morgan fingerprint density at radius 3 is 3.23 bits per heavy atom. The maximum atomic E-state index is 12.4. The Morgan fingerprint density at radius 2 is 2.36 bits per heavy atom. The fourth-order valence-corrected chi connectivity index (χ4v) is 3.97. The number of nitrogens with zero attached hydrogens (tertiary/aromatic N) is 3. The third kappa shape index (κ3) is 2.39. The van der Waals surface area contributed by atoms with Gasteiger partial charge in [0.1, 0.15) is 0 Å². The summed E-state index contributed by atoms with van der Waals surface area (Å²) in [6, 6.07) is 7.65. The second-order valence-electron chi connectivity index (χ2n) is 5.80. The SMILES string of the molecule is CC1CCc2sc(C(=O)Nc3nc4ccccn4n3)cc2C1. The van der Waals surface area contributed by atoms with Gasteiger partial charge in [-0.05, 0) is 48.9 Å². The minimum absolute atomic E-state index is 0.122. The predicted molar refractivity (Wildman–Crippen MR) is 86.4 cm³/mol. The standard InChI is InChI=1S/C16H16N4OS/c1-10-5-6-12-11(8-10)9-13(22-12)15(21)18-16-17-14-4-2-3-7-20(14)19-16/h2-4,7,9-10H,5-6,8H2,1H3,(H,18,19,21). The molecule has 1 N–H and O–H groups in total. The normalized spacial score (nSPS) is 17.4. The summed E-state index contributed by atoms with van der Waals surface area (Å²) in [5.74, 6) is 0.928. The Morgan fingerprint density at radius 1 is 1.45 bits per heavy atom. The van der Waals surface area contributed by atoms with Crippen LogP contribution in [0.1, 0.15) is 33.5 Å². The third-order valence-corrected chi connectivity index (χ3v) is 5.26. The largest absolute Gasteiger partial charge is 0.288 e. The van der Waals surface area contributed by atoms with Crippen LogP contribution in [0.5, 0.6) is 0 Å². The van der Waals surface area contributed by atoms with Gasteiger partial charge in [-0.1, -0.05) is 13.0 Å². The molecule has 1 aliphatic carbocycles. The van der Waals surface area contributed by atoms with Crippen molar-refractivity contribution in [3.63, 3.8) is 0 Å². The molecule has 1 aliphatic rings. The zero-order valence-corrected chi connectivity index (χ0v) is 13.1. The zero-order chi connectivity index (χ0) is 15.1. The summed E-state index contributed by atoms with van der Waals surface area (Å²) in [6.07, 6.45) is 5.18. The van der Waals surface area contributed by atoms with Crippen molar-refractivity contribution in [3.8, 4) is 0 Å². The number of aryl methyl sites for hydroxylation is 1. The van der Waals surface area contributed by atoms with Crippen molar-refractivity contribution in [2.75, 3.05) is 5.32 Å². The molecule has 3 aromatic heterocycles. The number of hydrogen-bond donors (Lipinski definition) is 1. The Labute approximate surface area is 132 Å². The Kier molecular flexibility index (Phi) is 3.18. The summed E-state index contributed by atoms with van der Waals surface area (Å²) < 4.78 is 1.65. The highest BCUT2D eigenvalue weighted by Gasteiger charge is 2.21. The van der Waals surface area contributed by atoms with Crippen LogP contribution in [0.4, 0.5) is 5.95 Å². The zero-order valence-electron chi connectivity index (χ0n) is 12.2. The van der Waals surface area contributed by atoms with Gasteiger partial charge in [0.2, 0.25) is 5.95 Å². The minimum Gasteiger partial charge on any atom is -0.288 e. The van der Waals surface area contributed by atoms with E-state index in [-0.39, 0.29) is 5.91 Å². The number of fused-ring (bicyclic) bond motifs is 2. The van der Waals surface area contributed by atoms with Gasteiger partial charge in [-0.2, -0.15) is 4.98 Å². The molecular weight excluding hydrogens is 296 g/mol. The number of pyridine rings is 1. The highest BCUT2D eigenvalue weighted by Crippen LogP contribution is 2.32. The molecule has 0 spiro atoms. The van der Waals surface area contributed by atoms with E-state index in [2.05, 4.69) is 22.3 Å². The number of hydrogen-bond acceptors (Lipinski definition) is 4. The fourth-order valence-electron chi connectivity index (χ4n) is 2.87. The fraction of sp³-hybridized carbons (Fsp3) is 0.312. The van der Waals surface area contributed by atoms with Gasteiger partial charge in [0.25, 0.3) is 5.91 Å². The molecule has 3 aromatic rings. The molecule has 0 fully saturated rings. The van der Waals surface area contributed by atoms with Crippen molar-refractivity contribution in [1.82, 2.24) is 14.6 Å². The van der Waals surface area contributed by atoms with Crippen molar-refractivity contribution in [3.05, 3.63) is 45.8 Å². The molecule has 1 unspecified atom stereocenters. The second-order valence-corrected chi connectivity index (χ2v) is 6.94. The van der Waals surface area contributed by atoms with Gasteiger partial charge in [0.15, 0.2) is 5.65 Å². The lowest BCUT2D eigenvalue weighted by Crippen LogP contribution is -2.11. The maximum absolute atomic E-state index is 12.4. The van der Waals surface area contributed by atoms with Crippen LogP contribution in [0.3, 0.4) is 0 Å². The van der Waals surface area contributed by atoms with E-state index in [1.807, 2.05) is 30.5 Å². The lowest BCUT2D eigenvalue weighted by Gasteiger charge is -2.16. The number of amides is 1. The molecule has 5 nitrogen and oxygen atoms in total. The van der Waals surface area contributed by atoms with Crippen molar-refractivity contribution in [1.29, 1.82) is 0 Å². The van der Waals surface area contributed by atoms with Gasteiger partial charge in [0, 0.05) is 11.1 Å². The molecule has 1 atom stereocenters. The topological polar surface area (TPSA) is 59.3 Å². The summed E-state index contributed by atoms with van der Waals surface area (Å²) >= 11 is 1.60. The van der Waals surface area contributed by atoms with Crippen LogP contribution in [0.25, 0.3) is 5.65 Å². The first-order valence-electron chi connectivity index (χ1n) is 7.43. The summed E-state index contributed by atoms with van der Waals surface area (Å²) in [4.78, 5) is 18.8. The molecule has 6 heteroatoms. The Bertz CT molecular complexity index is 818. The highest BCUT2D eigenvalue weighted by molar-refractivity contribution is 7.14. The van der Waals surface area contributed by atoms with Crippen LogP contribution in [-0.2, 0) is 12.8 Å². The lowest BCUT2D eigenvalue weighted by atomic mass is 9.90. The highest BCUT2D eigenvalue weighted by atomic mass is 32.1. The van der Waals surface area contributed by atoms with Gasteiger partial charge in [-0.15, -0.1) is 16.4 Å². The molecule has 0 aliphatic heterocycles. The summed E-state index contributed by atoms with van der Waals surface area (Å²) in [6.45, 7) is 2.26. The van der Waals surface area contributed by atoms with Gasteiger partial charge in [0.05, 0.1) is 4.88 Å². The smallest absolute Gasteiger partial charge is 0.268 e. The van der Waals surface area contributed by atoms with Crippen molar-refractivity contribution in [2.24, 2.45) is 5.92 Å². The van der Waals surface area contributed by atoms with E-state index in [4.69, 9.17) is 0 Å². The number of rotatable bonds is 2. The van der Waals surface area contributed by atoms with E-state index in [1.54, 1.807) is 15.9 Å². The first-order valence-corrected chi connectivity index (χ1v) is 8.25. The second kappa shape index (κ2) is 5.21. The summed E-state index contributed by atoms with van der Waals surface area (Å²) in [7, 11) is 0. The van der Waals surface area contributed by atoms with Gasteiger partial charge >= 0.3 is 0 Å². The lowest BCUT2D eigenvalue weighted by molar-refractivity contribution is 0.102. The van der Waals surface area contributed by atoms with Crippen molar-refractivity contribution >= 4 is 28.8 Å². The summed E-state index contributed by atoms with van der Waals surface area (Å²) in [5.41, 5.74) is 2.05. The van der Waals surface area contributed by atoms with E-state index in [0.29, 0.717) is 11.9 Å².